The van der Waals surface area contributed by atoms with Gasteiger partial charge in [-0.25, -0.2) is 0 Å². The Kier molecular flexibility index (Phi) is 28.5. The standard InChI is InChI=1S/C3H4O.Na.H2O3S/c1-2-3-4;;1-4(2)3/h2-3H,1H2;;(H2,1,2,3)/q;+1;. The predicted molar refractivity (Wildman–Crippen MR) is 29.7 cm³/mol. The molecule has 0 atom stereocenters. The minimum atomic E-state index is -2.61. The van der Waals surface area contributed by atoms with E-state index in [1.807, 2.05) is 0 Å². The quantitative estimate of drug-likeness (QED) is 0.187. The van der Waals surface area contributed by atoms with Crippen LogP contribution in [0.5, 0.6) is 0 Å². The Morgan fingerprint density at radius 1 is 1.44 bits per heavy atom. The van der Waals surface area contributed by atoms with Gasteiger partial charge >= 0.3 is 29.6 Å². The van der Waals surface area contributed by atoms with Crippen molar-refractivity contribution in [2.45, 2.75) is 0 Å². The zero-order valence-corrected chi connectivity index (χ0v) is 7.80. The third-order valence-electron chi connectivity index (χ3n) is 0.0962. The first-order valence-electron chi connectivity index (χ1n) is 1.51. The second kappa shape index (κ2) is 15.8. The maximum Gasteiger partial charge on any atom is 1.00 e. The van der Waals surface area contributed by atoms with Gasteiger partial charge in [0.2, 0.25) is 0 Å². The van der Waals surface area contributed by atoms with Crippen LogP contribution >= 0.6 is 0 Å². The van der Waals surface area contributed by atoms with Crippen LogP contribution in [0.4, 0.5) is 0 Å². The van der Waals surface area contributed by atoms with Crippen LogP contribution in [0, 0.1) is 0 Å². The molecular formula is C3H6NaO4S+. The minimum absolute atomic E-state index is 0. The van der Waals surface area contributed by atoms with E-state index in [1.54, 1.807) is 0 Å². The van der Waals surface area contributed by atoms with Crippen LogP contribution in [-0.2, 0) is 16.2 Å². The van der Waals surface area contributed by atoms with E-state index in [0.29, 0.717) is 6.29 Å². The van der Waals surface area contributed by atoms with Crippen molar-refractivity contribution in [3.63, 3.8) is 0 Å². The average Bonchev–Trinajstić information content (AvgIpc) is 1.65. The molecule has 0 bridgehead atoms. The number of aldehydes is 1. The molecule has 0 radical (unpaired) electrons. The predicted octanol–water partition coefficient (Wildman–Crippen LogP) is -2.94. The number of hydrogen-bond donors (Lipinski definition) is 2. The Labute approximate surface area is 77.7 Å². The molecule has 0 aliphatic carbocycles. The first kappa shape index (κ1) is 16.2. The van der Waals surface area contributed by atoms with Crippen molar-refractivity contribution < 1.29 is 47.7 Å². The van der Waals surface area contributed by atoms with Gasteiger partial charge in [-0.05, 0) is 6.08 Å². The third-order valence-corrected chi connectivity index (χ3v) is 0.0962. The first-order valence-corrected chi connectivity index (χ1v) is 2.57. The summed E-state index contributed by atoms with van der Waals surface area (Å²) in [4.78, 5) is 9.06. The summed E-state index contributed by atoms with van der Waals surface area (Å²) >= 11 is -2.61. The van der Waals surface area contributed by atoms with Crippen LogP contribution in [0.3, 0.4) is 0 Å². The summed E-state index contributed by atoms with van der Waals surface area (Å²) in [5.74, 6) is 0. The molecule has 0 aliphatic heterocycles. The molecule has 0 aromatic heterocycles. The van der Waals surface area contributed by atoms with E-state index in [0.717, 1.165) is 0 Å². The van der Waals surface area contributed by atoms with Gasteiger partial charge in [0, 0.05) is 0 Å². The molecular weight excluding hydrogens is 155 g/mol. The molecule has 0 saturated carbocycles. The second-order valence-corrected chi connectivity index (χ2v) is 1.06. The molecule has 0 fully saturated rings. The number of carbonyl (C=O) groups excluding carboxylic acids is 1. The van der Waals surface area contributed by atoms with Crippen molar-refractivity contribution in [2.75, 3.05) is 0 Å². The maximum atomic E-state index is 9.06. The van der Waals surface area contributed by atoms with Crippen molar-refractivity contribution in [1.82, 2.24) is 0 Å². The van der Waals surface area contributed by atoms with Gasteiger partial charge in [0.15, 0.2) is 0 Å². The fraction of sp³-hybridized carbons (Fsp3) is 0. The molecule has 0 rings (SSSR count). The van der Waals surface area contributed by atoms with E-state index in [4.69, 9.17) is 18.1 Å². The van der Waals surface area contributed by atoms with E-state index < -0.39 is 11.4 Å². The summed E-state index contributed by atoms with van der Waals surface area (Å²) in [6.07, 6.45) is 1.83. The van der Waals surface area contributed by atoms with Crippen LogP contribution < -0.4 is 29.6 Å². The minimum Gasteiger partial charge on any atom is -0.299 e. The molecule has 4 nitrogen and oxygen atoms in total. The normalized spacial score (nSPS) is 6.11. The fourth-order valence-electron chi connectivity index (χ4n) is 0. The van der Waals surface area contributed by atoms with Crippen molar-refractivity contribution in [1.29, 1.82) is 0 Å². The number of carbonyl (C=O) groups is 1. The number of rotatable bonds is 1. The zero-order chi connectivity index (χ0) is 6.99. The van der Waals surface area contributed by atoms with Gasteiger partial charge in [0.1, 0.15) is 6.29 Å². The SMILES string of the molecule is C=CC=O.O=S(O)O.[Na+]. The molecule has 0 unspecified atom stereocenters. The molecule has 0 saturated heterocycles. The molecule has 0 heterocycles. The molecule has 0 aliphatic rings. The molecule has 6 heteroatoms. The van der Waals surface area contributed by atoms with Crippen LogP contribution in [0.15, 0.2) is 12.7 Å². The topological polar surface area (TPSA) is 74.6 Å². The first-order chi connectivity index (χ1) is 3.65. The van der Waals surface area contributed by atoms with Crippen molar-refractivity contribution in [2.24, 2.45) is 0 Å². The van der Waals surface area contributed by atoms with E-state index in [1.165, 1.54) is 6.08 Å². The van der Waals surface area contributed by atoms with Gasteiger partial charge < -0.3 is 0 Å². The smallest absolute Gasteiger partial charge is 0.299 e. The van der Waals surface area contributed by atoms with Gasteiger partial charge in [0.05, 0.1) is 0 Å². The van der Waals surface area contributed by atoms with Crippen LogP contribution in [0.2, 0.25) is 0 Å². The molecule has 0 spiro atoms. The summed E-state index contributed by atoms with van der Waals surface area (Å²) in [5, 5.41) is 0. The monoisotopic (exact) mass is 161 g/mol. The summed E-state index contributed by atoms with van der Waals surface area (Å²) < 4.78 is 22.8. The molecule has 0 aromatic carbocycles. The number of allylic oxidation sites excluding steroid dienone is 1. The van der Waals surface area contributed by atoms with Gasteiger partial charge in [-0.1, -0.05) is 6.58 Å². The molecule has 0 amide bonds. The number of hydrogen-bond acceptors (Lipinski definition) is 2. The van der Waals surface area contributed by atoms with E-state index in [-0.39, 0.29) is 29.6 Å². The Bertz CT molecular complexity index is 83.8. The van der Waals surface area contributed by atoms with Crippen molar-refractivity contribution >= 4 is 17.6 Å². The van der Waals surface area contributed by atoms with Gasteiger partial charge in [-0.2, -0.15) is 4.21 Å². The van der Waals surface area contributed by atoms with Gasteiger partial charge in [-0.15, -0.1) is 0 Å². The van der Waals surface area contributed by atoms with E-state index in [9.17, 15) is 0 Å². The van der Waals surface area contributed by atoms with E-state index in [2.05, 4.69) is 6.58 Å². The van der Waals surface area contributed by atoms with Crippen LogP contribution in [0.1, 0.15) is 0 Å². The van der Waals surface area contributed by atoms with Gasteiger partial charge in [0.25, 0.3) is 11.4 Å². The third kappa shape index (κ3) is 163. The summed E-state index contributed by atoms with van der Waals surface area (Å²) in [6.45, 7) is 3.11. The zero-order valence-electron chi connectivity index (χ0n) is 4.98. The Balaban J connectivity index is -0.0000000720. The molecule has 9 heavy (non-hydrogen) atoms. The maximum absolute atomic E-state index is 9.06. The van der Waals surface area contributed by atoms with Gasteiger partial charge in [-0.3, -0.25) is 13.9 Å². The molecule has 2 N–H and O–H groups in total. The molecule has 48 valence electrons. The summed E-state index contributed by atoms with van der Waals surface area (Å²) in [6, 6.07) is 0. The van der Waals surface area contributed by atoms with Crippen molar-refractivity contribution in [3.8, 4) is 0 Å². The van der Waals surface area contributed by atoms with Crippen LogP contribution in [0.25, 0.3) is 0 Å². The Morgan fingerprint density at radius 2 is 1.56 bits per heavy atom. The molecule has 0 aromatic rings. The van der Waals surface area contributed by atoms with Crippen LogP contribution in [-0.4, -0.2) is 19.6 Å². The summed E-state index contributed by atoms with van der Waals surface area (Å²) in [5.41, 5.74) is 0. The average molecular weight is 161 g/mol. The summed E-state index contributed by atoms with van der Waals surface area (Å²) in [7, 11) is 0. The largest absolute Gasteiger partial charge is 1.00 e. The Hall–Kier alpha value is 0.480. The fourth-order valence-corrected chi connectivity index (χ4v) is 0. The second-order valence-electron chi connectivity index (χ2n) is 0.603. The van der Waals surface area contributed by atoms with Crippen molar-refractivity contribution in [3.05, 3.63) is 12.7 Å². The Morgan fingerprint density at radius 3 is 1.56 bits per heavy atom. The van der Waals surface area contributed by atoms with E-state index >= 15 is 0 Å².